The van der Waals surface area contributed by atoms with Crippen LogP contribution in [0, 0.1) is 12.8 Å². The molecule has 1 heterocycles. The normalized spacial score (nSPS) is 17.5. The highest BCUT2D eigenvalue weighted by atomic mass is 16.5. The highest BCUT2D eigenvalue weighted by molar-refractivity contribution is 5.27. The predicted molar refractivity (Wildman–Crippen MR) is 66.9 cm³/mol. The number of nitrogens with zero attached hydrogens (tertiary/aromatic N) is 1. The number of rotatable bonds is 4. The second-order valence-corrected chi connectivity index (χ2v) is 5.17. The summed E-state index contributed by atoms with van der Waals surface area (Å²) < 4.78 is 5.90. The first-order valence-corrected chi connectivity index (χ1v) is 6.09. The van der Waals surface area contributed by atoms with Gasteiger partial charge in [-0.05, 0) is 30.5 Å². The van der Waals surface area contributed by atoms with Crippen LogP contribution in [-0.2, 0) is 0 Å². The van der Waals surface area contributed by atoms with Crippen molar-refractivity contribution in [1.29, 1.82) is 0 Å². The molecule has 0 bridgehead atoms. The second-order valence-electron chi connectivity index (χ2n) is 5.17. The molecule has 1 aromatic rings. The van der Waals surface area contributed by atoms with E-state index in [1.54, 1.807) is 0 Å². The summed E-state index contributed by atoms with van der Waals surface area (Å²) in [5, 5.41) is 0. The first-order chi connectivity index (χ1) is 7.63. The van der Waals surface area contributed by atoms with E-state index < -0.39 is 0 Å². The number of likely N-dealkylation sites (tertiary alicyclic amines) is 1. The zero-order valence-corrected chi connectivity index (χ0v) is 10.4. The third kappa shape index (κ3) is 2.99. The number of hydrogen-bond donors (Lipinski definition) is 0. The molecule has 0 radical (unpaired) electrons. The average molecular weight is 219 g/mol. The lowest BCUT2D eigenvalue weighted by molar-refractivity contribution is 0.0131. The Hall–Kier alpha value is -1.02. The van der Waals surface area contributed by atoms with Crippen molar-refractivity contribution in [3.05, 3.63) is 29.8 Å². The molecule has 0 unspecified atom stereocenters. The van der Waals surface area contributed by atoms with Gasteiger partial charge in [-0.2, -0.15) is 0 Å². The molecule has 16 heavy (non-hydrogen) atoms. The van der Waals surface area contributed by atoms with Crippen molar-refractivity contribution in [3.63, 3.8) is 0 Å². The maximum atomic E-state index is 5.90. The molecular weight excluding hydrogens is 198 g/mol. The Labute approximate surface area is 98.2 Å². The van der Waals surface area contributed by atoms with Crippen molar-refractivity contribution in [1.82, 2.24) is 4.90 Å². The standard InChI is InChI=1S/C14H21NO/c1-11(2)8-15-9-14(10-15)16-13-6-4-5-12(3)7-13/h4-7,11,14H,8-10H2,1-3H3. The topological polar surface area (TPSA) is 12.5 Å². The quantitative estimate of drug-likeness (QED) is 0.772. The molecular formula is C14H21NO. The van der Waals surface area contributed by atoms with Gasteiger partial charge >= 0.3 is 0 Å². The SMILES string of the molecule is Cc1cccc(OC2CN(CC(C)C)C2)c1. The molecule has 2 nitrogen and oxygen atoms in total. The lowest BCUT2D eigenvalue weighted by Crippen LogP contribution is -2.54. The summed E-state index contributed by atoms with van der Waals surface area (Å²) in [5.41, 5.74) is 1.26. The van der Waals surface area contributed by atoms with Crippen LogP contribution in [0.3, 0.4) is 0 Å². The van der Waals surface area contributed by atoms with Crippen molar-refractivity contribution >= 4 is 0 Å². The molecule has 88 valence electrons. The van der Waals surface area contributed by atoms with Gasteiger partial charge in [0.2, 0.25) is 0 Å². The number of aryl methyl sites for hydroxylation is 1. The third-order valence-corrected chi connectivity index (χ3v) is 2.84. The van der Waals surface area contributed by atoms with Gasteiger partial charge in [0, 0.05) is 19.6 Å². The van der Waals surface area contributed by atoms with Crippen LogP contribution in [0.25, 0.3) is 0 Å². The van der Waals surface area contributed by atoms with Gasteiger partial charge in [0.05, 0.1) is 0 Å². The largest absolute Gasteiger partial charge is 0.488 e. The molecule has 0 N–H and O–H groups in total. The first kappa shape index (κ1) is 11.5. The first-order valence-electron chi connectivity index (χ1n) is 6.09. The predicted octanol–water partition coefficient (Wildman–Crippen LogP) is 2.71. The zero-order chi connectivity index (χ0) is 11.5. The minimum atomic E-state index is 0.389. The van der Waals surface area contributed by atoms with Crippen LogP contribution >= 0.6 is 0 Å². The summed E-state index contributed by atoms with van der Waals surface area (Å²) in [5.74, 6) is 1.76. The van der Waals surface area contributed by atoms with Crippen molar-refractivity contribution in [2.24, 2.45) is 5.92 Å². The van der Waals surface area contributed by atoms with Crippen LogP contribution in [0.5, 0.6) is 5.75 Å². The van der Waals surface area contributed by atoms with Gasteiger partial charge in [-0.25, -0.2) is 0 Å². The van der Waals surface area contributed by atoms with Gasteiger partial charge < -0.3 is 4.74 Å². The van der Waals surface area contributed by atoms with Gasteiger partial charge in [0.25, 0.3) is 0 Å². The monoisotopic (exact) mass is 219 g/mol. The Morgan fingerprint density at radius 1 is 1.38 bits per heavy atom. The third-order valence-electron chi connectivity index (χ3n) is 2.84. The highest BCUT2D eigenvalue weighted by Crippen LogP contribution is 2.19. The minimum absolute atomic E-state index is 0.389. The van der Waals surface area contributed by atoms with Crippen molar-refractivity contribution < 1.29 is 4.74 Å². The van der Waals surface area contributed by atoms with E-state index in [4.69, 9.17) is 4.74 Å². The maximum absolute atomic E-state index is 5.90. The summed E-state index contributed by atoms with van der Waals surface area (Å²) in [7, 11) is 0. The molecule has 0 aromatic heterocycles. The summed E-state index contributed by atoms with van der Waals surface area (Å²) in [4.78, 5) is 2.45. The molecule has 1 saturated heterocycles. The van der Waals surface area contributed by atoms with Gasteiger partial charge in [-0.1, -0.05) is 26.0 Å². The molecule has 0 spiro atoms. The summed E-state index contributed by atoms with van der Waals surface area (Å²) in [6.45, 7) is 9.95. The van der Waals surface area contributed by atoms with E-state index in [1.807, 2.05) is 6.07 Å². The Kier molecular flexibility index (Phi) is 3.49. The molecule has 1 aliphatic rings. The van der Waals surface area contributed by atoms with Crippen LogP contribution in [0.2, 0.25) is 0 Å². The Bertz CT molecular complexity index is 342. The second kappa shape index (κ2) is 4.88. The van der Waals surface area contributed by atoms with Crippen LogP contribution in [0.15, 0.2) is 24.3 Å². The van der Waals surface area contributed by atoms with Crippen LogP contribution in [-0.4, -0.2) is 30.6 Å². The Balaban J connectivity index is 1.77. The molecule has 1 fully saturated rings. The number of ether oxygens (including phenoxy) is 1. The van der Waals surface area contributed by atoms with Crippen molar-refractivity contribution in [2.75, 3.05) is 19.6 Å². The molecule has 0 aliphatic carbocycles. The van der Waals surface area contributed by atoms with Gasteiger partial charge in [0.1, 0.15) is 11.9 Å². The maximum Gasteiger partial charge on any atom is 0.124 e. The lowest BCUT2D eigenvalue weighted by atomic mass is 10.1. The number of hydrogen-bond acceptors (Lipinski definition) is 2. The molecule has 0 amide bonds. The molecule has 1 aromatic carbocycles. The molecule has 2 rings (SSSR count). The van der Waals surface area contributed by atoms with E-state index in [-0.39, 0.29) is 0 Å². The van der Waals surface area contributed by atoms with Gasteiger partial charge in [-0.15, -0.1) is 0 Å². The van der Waals surface area contributed by atoms with E-state index in [9.17, 15) is 0 Å². The fourth-order valence-electron chi connectivity index (χ4n) is 2.14. The zero-order valence-electron chi connectivity index (χ0n) is 10.4. The van der Waals surface area contributed by atoms with Gasteiger partial charge in [-0.3, -0.25) is 4.90 Å². The fraction of sp³-hybridized carbons (Fsp3) is 0.571. The minimum Gasteiger partial charge on any atom is -0.488 e. The summed E-state index contributed by atoms with van der Waals surface area (Å²) in [6, 6.07) is 8.29. The average Bonchev–Trinajstić information content (AvgIpc) is 2.14. The Morgan fingerprint density at radius 2 is 2.12 bits per heavy atom. The van der Waals surface area contributed by atoms with E-state index in [1.165, 1.54) is 12.1 Å². The Morgan fingerprint density at radius 3 is 2.75 bits per heavy atom. The van der Waals surface area contributed by atoms with E-state index >= 15 is 0 Å². The van der Waals surface area contributed by atoms with E-state index in [2.05, 4.69) is 43.9 Å². The van der Waals surface area contributed by atoms with E-state index in [0.29, 0.717) is 6.10 Å². The lowest BCUT2D eigenvalue weighted by Gasteiger charge is -2.39. The smallest absolute Gasteiger partial charge is 0.124 e. The molecule has 0 saturated carbocycles. The highest BCUT2D eigenvalue weighted by Gasteiger charge is 2.28. The molecule has 2 heteroatoms. The van der Waals surface area contributed by atoms with E-state index in [0.717, 1.165) is 24.8 Å². The van der Waals surface area contributed by atoms with Crippen molar-refractivity contribution in [3.8, 4) is 5.75 Å². The van der Waals surface area contributed by atoms with Crippen LogP contribution in [0.4, 0.5) is 0 Å². The summed E-state index contributed by atoms with van der Waals surface area (Å²) in [6.07, 6.45) is 0.389. The molecule has 0 atom stereocenters. The summed E-state index contributed by atoms with van der Waals surface area (Å²) >= 11 is 0. The van der Waals surface area contributed by atoms with Gasteiger partial charge in [0.15, 0.2) is 0 Å². The van der Waals surface area contributed by atoms with Crippen molar-refractivity contribution in [2.45, 2.75) is 26.9 Å². The number of benzene rings is 1. The van der Waals surface area contributed by atoms with Crippen LogP contribution in [0.1, 0.15) is 19.4 Å². The molecule has 1 aliphatic heterocycles. The fourth-order valence-corrected chi connectivity index (χ4v) is 2.14. The van der Waals surface area contributed by atoms with Crippen LogP contribution < -0.4 is 4.74 Å².